The van der Waals surface area contributed by atoms with Crippen molar-refractivity contribution in [2.75, 3.05) is 13.2 Å². The Morgan fingerprint density at radius 3 is 0.691 bits per heavy atom. The van der Waals surface area contributed by atoms with Gasteiger partial charge in [0.2, 0.25) is 0 Å². The number of rotatable bonds is 68. The first-order valence-corrected chi connectivity index (χ1v) is 36.5. The van der Waals surface area contributed by atoms with Crippen LogP contribution in [0.1, 0.15) is 406 Å². The van der Waals surface area contributed by atoms with Crippen molar-refractivity contribution in [3.8, 4) is 0 Å². The second-order valence-electron chi connectivity index (χ2n) is 24.9. The highest BCUT2D eigenvalue weighted by Gasteiger charge is 2.19. The Morgan fingerprint density at radius 2 is 0.444 bits per heavy atom. The van der Waals surface area contributed by atoms with Crippen LogP contribution in [0.2, 0.25) is 0 Å². The smallest absolute Gasteiger partial charge is 0.306 e. The van der Waals surface area contributed by atoms with E-state index in [1.165, 1.54) is 295 Å². The van der Waals surface area contributed by atoms with E-state index in [9.17, 15) is 14.4 Å². The molecule has 1 unspecified atom stereocenters. The van der Waals surface area contributed by atoms with Crippen LogP contribution >= 0.6 is 0 Å². The van der Waals surface area contributed by atoms with Crippen molar-refractivity contribution < 1.29 is 28.6 Å². The zero-order valence-corrected chi connectivity index (χ0v) is 54.8. The molecule has 0 saturated heterocycles. The van der Waals surface area contributed by atoms with E-state index in [0.717, 1.165) is 70.6 Å². The van der Waals surface area contributed by atoms with E-state index in [4.69, 9.17) is 14.2 Å². The summed E-state index contributed by atoms with van der Waals surface area (Å²) in [6, 6.07) is 0. The molecule has 0 spiro atoms. The van der Waals surface area contributed by atoms with Gasteiger partial charge in [-0.3, -0.25) is 14.4 Å². The van der Waals surface area contributed by atoms with Gasteiger partial charge in [-0.15, -0.1) is 0 Å². The summed E-state index contributed by atoms with van der Waals surface area (Å²) in [5.41, 5.74) is 0. The second kappa shape index (κ2) is 70.1. The Hall–Kier alpha value is -2.37. The molecule has 476 valence electrons. The van der Waals surface area contributed by atoms with Gasteiger partial charge in [-0.1, -0.05) is 346 Å². The van der Waals surface area contributed by atoms with Crippen molar-refractivity contribution in [1.29, 1.82) is 0 Å². The second-order valence-corrected chi connectivity index (χ2v) is 24.9. The Morgan fingerprint density at radius 1 is 0.247 bits per heavy atom. The Balaban J connectivity index is 4.22. The summed E-state index contributed by atoms with van der Waals surface area (Å²) in [6.45, 7) is 6.70. The number of allylic oxidation sites excluding steroid dienone is 6. The van der Waals surface area contributed by atoms with E-state index in [2.05, 4.69) is 57.2 Å². The zero-order valence-electron chi connectivity index (χ0n) is 54.8. The predicted octanol–water partition coefficient (Wildman–Crippen LogP) is 25.1. The number of ether oxygens (including phenoxy) is 3. The van der Waals surface area contributed by atoms with Gasteiger partial charge >= 0.3 is 17.9 Å². The fourth-order valence-corrected chi connectivity index (χ4v) is 11.1. The van der Waals surface area contributed by atoms with E-state index in [1.807, 2.05) is 0 Å². The molecular formula is C75H140O6. The van der Waals surface area contributed by atoms with Crippen molar-refractivity contribution in [2.24, 2.45) is 0 Å². The van der Waals surface area contributed by atoms with E-state index >= 15 is 0 Å². The average Bonchev–Trinajstić information content (AvgIpc) is 3.47. The van der Waals surface area contributed by atoms with Crippen LogP contribution in [0.4, 0.5) is 0 Å². The van der Waals surface area contributed by atoms with Gasteiger partial charge in [0.25, 0.3) is 0 Å². The molecule has 0 rings (SSSR count). The SMILES string of the molecule is CCCCCCC/C=C\C/C=C\CCCCCCCCCCCCCCCCCCCC(=O)OCC(COC(=O)CCCCCCC/C=C\CCCCCCCCC)OC(=O)CCCCCCCCCCCCCCCCCCCC. The normalized spacial score (nSPS) is 12.2. The van der Waals surface area contributed by atoms with Gasteiger partial charge in [0.15, 0.2) is 6.10 Å². The highest BCUT2D eigenvalue weighted by atomic mass is 16.6. The maximum atomic E-state index is 13.0. The lowest BCUT2D eigenvalue weighted by Crippen LogP contribution is -2.30. The molecule has 6 nitrogen and oxygen atoms in total. The third-order valence-corrected chi connectivity index (χ3v) is 16.6. The third-order valence-electron chi connectivity index (χ3n) is 16.6. The highest BCUT2D eigenvalue weighted by molar-refractivity contribution is 5.71. The molecule has 0 saturated carbocycles. The van der Waals surface area contributed by atoms with Crippen LogP contribution in [0.15, 0.2) is 36.5 Å². The van der Waals surface area contributed by atoms with Gasteiger partial charge in [-0.2, -0.15) is 0 Å². The molecule has 0 aromatic heterocycles. The summed E-state index contributed by atoms with van der Waals surface area (Å²) >= 11 is 0. The van der Waals surface area contributed by atoms with Gasteiger partial charge in [-0.05, 0) is 77.0 Å². The predicted molar refractivity (Wildman–Crippen MR) is 353 cm³/mol. The molecular weight excluding hydrogens is 997 g/mol. The maximum absolute atomic E-state index is 13.0. The maximum Gasteiger partial charge on any atom is 0.306 e. The molecule has 0 N–H and O–H groups in total. The number of hydrogen-bond donors (Lipinski definition) is 0. The lowest BCUT2D eigenvalue weighted by molar-refractivity contribution is -0.167. The van der Waals surface area contributed by atoms with E-state index < -0.39 is 6.10 Å². The van der Waals surface area contributed by atoms with Crippen LogP contribution < -0.4 is 0 Å². The van der Waals surface area contributed by atoms with Crippen molar-refractivity contribution >= 4 is 17.9 Å². The zero-order chi connectivity index (χ0) is 58.5. The summed E-state index contributed by atoms with van der Waals surface area (Å²) in [4.78, 5) is 38.5. The Bertz CT molecular complexity index is 1350. The number of esters is 3. The van der Waals surface area contributed by atoms with Gasteiger partial charge in [0.1, 0.15) is 13.2 Å². The number of unbranched alkanes of at least 4 members (excludes halogenated alkanes) is 51. The fourth-order valence-electron chi connectivity index (χ4n) is 11.1. The first-order chi connectivity index (χ1) is 40.0. The minimum atomic E-state index is -0.773. The third kappa shape index (κ3) is 68.3. The number of carbonyl (C=O) groups is 3. The van der Waals surface area contributed by atoms with Crippen LogP contribution in [0, 0.1) is 0 Å². The molecule has 0 amide bonds. The lowest BCUT2D eigenvalue weighted by Gasteiger charge is -2.18. The van der Waals surface area contributed by atoms with Gasteiger partial charge in [0.05, 0.1) is 0 Å². The van der Waals surface area contributed by atoms with E-state index in [-0.39, 0.29) is 31.1 Å². The molecule has 0 aliphatic carbocycles. The standard InChI is InChI=1S/C75H140O6/c1-4-7-10-13-16-19-22-25-28-31-33-34-35-36-37-38-39-40-41-42-43-45-47-50-53-56-59-62-65-68-74(77)80-71-72(70-79-73(76)67-64-61-58-55-52-49-46-30-27-24-21-18-15-12-9-6-3)81-75(78)69-66-63-60-57-54-51-48-44-32-29-26-23-20-17-14-11-8-5-2/h22,25,30-31,33,46,72H,4-21,23-24,26-29,32,34-45,47-71H2,1-3H3/b25-22-,33-31-,46-30-. The highest BCUT2D eigenvalue weighted by Crippen LogP contribution is 2.19. The van der Waals surface area contributed by atoms with E-state index in [0.29, 0.717) is 19.3 Å². The Kier molecular flexibility index (Phi) is 68.1. The van der Waals surface area contributed by atoms with Gasteiger partial charge < -0.3 is 14.2 Å². The average molecular weight is 1140 g/mol. The lowest BCUT2D eigenvalue weighted by atomic mass is 10.0. The quantitative estimate of drug-likeness (QED) is 0.0261. The van der Waals surface area contributed by atoms with E-state index in [1.54, 1.807) is 0 Å². The monoisotopic (exact) mass is 1140 g/mol. The molecule has 0 radical (unpaired) electrons. The molecule has 0 fully saturated rings. The molecule has 0 heterocycles. The molecule has 0 aliphatic rings. The van der Waals surface area contributed by atoms with Crippen molar-refractivity contribution in [3.63, 3.8) is 0 Å². The van der Waals surface area contributed by atoms with Crippen LogP contribution in [-0.2, 0) is 28.6 Å². The Labute approximate surface area is 506 Å². The molecule has 1 atom stereocenters. The summed E-state index contributed by atoms with van der Waals surface area (Å²) in [5.74, 6) is -0.845. The molecule has 0 aromatic carbocycles. The van der Waals surface area contributed by atoms with Crippen LogP contribution in [-0.4, -0.2) is 37.2 Å². The largest absolute Gasteiger partial charge is 0.462 e. The van der Waals surface area contributed by atoms with Crippen molar-refractivity contribution in [1.82, 2.24) is 0 Å². The summed E-state index contributed by atoms with van der Waals surface area (Å²) in [7, 11) is 0. The van der Waals surface area contributed by atoms with Crippen LogP contribution in [0.5, 0.6) is 0 Å². The molecule has 0 bridgehead atoms. The van der Waals surface area contributed by atoms with Crippen LogP contribution in [0.25, 0.3) is 0 Å². The summed E-state index contributed by atoms with van der Waals surface area (Å²) in [5, 5.41) is 0. The van der Waals surface area contributed by atoms with Gasteiger partial charge in [0, 0.05) is 19.3 Å². The first kappa shape index (κ1) is 78.6. The molecule has 81 heavy (non-hydrogen) atoms. The minimum Gasteiger partial charge on any atom is -0.462 e. The minimum absolute atomic E-state index is 0.0687. The number of hydrogen-bond acceptors (Lipinski definition) is 6. The van der Waals surface area contributed by atoms with Crippen LogP contribution in [0.3, 0.4) is 0 Å². The summed E-state index contributed by atoms with van der Waals surface area (Å²) < 4.78 is 17.0. The molecule has 0 aliphatic heterocycles. The van der Waals surface area contributed by atoms with Crippen molar-refractivity contribution in [2.45, 2.75) is 412 Å². The molecule has 0 aromatic rings. The van der Waals surface area contributed by atoms with Gasteiger partial charge in [-0.25, -0.2) is 0 Å². The number of carbonyl (C=O) groups excluding carboxylic acids is 3. The molecule has 6 heteroatoms. The first-order valence-electron chi connectivity index (χ1n) is 36.5. The van der Waals surface area contributed by atoms with Crippen molar-refractivity contribution in [3.05, 3.63) is 36.5 Å². The topological polar surface area (TPSA) is 78.9 Å². The summed E-state index contributed by atoms with van der Waals surface area (Å²) in [6.07, 6.45) is 87.5. The fraction of sp³-hybridized carbons (Fsp3) is 0.880.